The van der Waals surface area contributed by atoms with E-state index >= 15 is 0 Å². The number of ether oxygens (including phenoxy) is 1. The first-order valence-electron chi connectivity index (χ1n) is 13.8. The second-order valence-electron chi connectivity index (χ2n) is 11.4. The van der Waals surface area contributed by atoms with Crippen LogP contribution >= 0.6 is 0 Å². The van der Waals surface area contributed by atoms with Crippen LogP contribution < -0.4 is 5.32 Å². The van der Waals surface area contributed by atoms with E-state index in [0.29, 0.717) is 13.0 Å². The molecule has 7 rings (SSSR count). The molecule has 1 N–H and O–H groups in total. The van der Waals surface area contributed by atoms with Crippen LogP contribution in [0.4, 0.5) is 4.79 Å². The van der Waals surface area contributed by atoms with E-state index < -0.39 is 12.1 Å². The van der Waals surface area contributed by atoms with Gasteiger partial charge in [-0.25, -0.2) is 4.79 Å². The van der Waals surface area contributed by atoms with Crippen LogP contribution in [0.15, 0.2) is 72.8 Å². The van der Waals surface area contributed by atoms with Gasteiger partial charge in [-0.2, -0.15) is 0 Å². The first-order chi connectivity index (χ1) is 18.6. The SMILES string of the molecule is O=C([C@H]1Cc2ccccc2CN1C(=O)OCC1c2ccccc2-c2ccccc21)N1CC2(CCNCC2)C1. The van der Waals surface area contributed by atoms with Crippen molar-refractivity contribution in [3.63, 3.8) is 0 Å². The summed E-state index contributed by atoms with van der Waals surface area (Å²) in [5.41, 5.74) is 7.26. The molecule has 2 amide bonds. The Balaban J connectivity index is 1.10. The number of hydrogen-bond donors (Lipinski definition) is 1. The second kappa shape index (κ2) is 9.28. The lowest BCUT2D eigenvalue weighted by Gasteiger charge is -2.54. The minimum Gasteiger partial charge on any atom is -0.448 e. The fraction of sp³-hybridized carbons (Fsp3) is 0.375. The first-order valence-corrected chi connectivity index (χ1v) is 13.8. The minimum absolute atomic E-state index is 0.00673. The van der Waals surface area contributed by atoms with Gasteiger partial charge in [-0.15, -0.1) is 0 Å². The molecule has 6 nitrogen and oxygen atoms in total. The molecule has 6 heteroatoms. The van der Waals surface area contributed by atoms with Crippen molar-refractivity contribution in [1.29, 1.82) is 0 Å². The Morgan fingerprint density at radius 2 is 1.45 bits per heavy atom. The Morgan fingerprint density at radius 3 is 2.13 bits per heavy atom. The van der Waals surface area contributed by atoms with E-state index in [4.69, 9.17) is 4.74 Å². The fourth-order valence-electron chi connectivity index (χ4n) is 7.02. The summed E-state index contributed by atoms with van der Waals surface area (Å²) in [6, 6.07) is 24.3. The molecule has 0 aromatic heterocycles. The molecule has 1 aliphatic carbocycles. The maximum absolute atomic E-state index is 13.8. The first kappa shape index (κ1) is 23.5. The molecule has 0 bridgehead atoms. The van der Waals surface area contributed by atoms with Crippen LogP contribution in [0.1, 0.15) is 41.0 Å². The second-order valence-corrected chi connectivity index (χ2v) is 11.4. The van der Waals surface area contributed by atoms with Crippen molar-refractivity contribution < 1.29 is 14.3 Å². The van der Waals surface area contributed by atoms with Gasteiger partial charge in [0.1, 0.15) is 12.6 Å². The van der Waals surface area contributed by atoms with Crippen LogP contribution in [-0.2, 0) is 22.5 Å². The molecule has 38 heavy (non-hydrogen) atoms. The number of nitrogens with one attached hydrogen (secondary N) is 1. The van der Waals surface area contributed by atoms with Crippen molar-refractivity contribution in [2.45, 2.75) is 37.8 Å². The number of rotatable bonds is 3. The zero-order valence-corrected chi connectivity index (χ0v) is 21.6. The summed E-state index contributed by atoms with van der Waals surface area (Å²) in [6.45, 7) is 4.28. The van der Waals surface area contributed by atoms with Gasteiger partial charge in [0.25, 0.3) is 0 Å². The molecule has 0 saturated carbocycles. The molecular weight excluding hydrogens is 474 g/mol. The molecule has 0 unspecified atom stereocenters. The number of piperidine rings is 1. The zero-order chi connectivity index (χ0) is 25.7. The van der Waals surface area contributed by atoms with Crippen LogP contribution in [0.3, 0.4) is 0 Å². The molecule has 3 aromatic rings. The Hall–Kier alpha value is -3.64. The van der Waals surface area contributed by atoms with Gasteiger partial charge in [0.15, 0.2) is 0 Å². The average Bonchev–Trinajstić information content (AvgIpc) is 3.27. The predicted molar refractivity (Wildman–Crippen MR) is 146 cm³/mol. The van der Waals surface area contributed by atoms with Crippen LogP contribution in [0.5, 0.6) is 0 Å². The lowest BCUT2D eigenvalue weighted by atomic mass is 9.72. The molecule has 3 heterocycles. The standard InChI is InChI=1S/C32H33N3O3/c36-30(34-20-32(21-34)13-15-33-16-14-32)29-17-22-7-1-2-8-23(22)18-35(29)31(37)38-19-28-26-11-5-3-9-24(26)25-10-4-6-12-27(25)28/h1-12,28-29,33H,13-21H2/t29-/m1/s1. The predicted octanol–water partition coefficient (Wildman–Crippen LogP) is 4.57. The van der Waals surface area contributed by atoms with Crippen molar-refractivity contribution in [2.24, 2.45) is 5.41 Å². The lowest BCUT2D eigenvalue weighted by Crippen LogP contribution is -2.65. The molecule has 4 aliphatic rings. The molecule has 1 atom stereocenters. The highest BCUT2D eigenvalue weighted by atomic mass is 16.6. The van der Waals surface area contributed by atoms with Gasteiger partial charge in [0.2, 0.25) is 5.91 Å². The quantitative estimate of drug-likeness (QED) is 0.564. The number of nitrogens with zero attached hydrogens (tertiary/aromatic N) is 2. The maximum Gasteiger partial charge on any atom is 0.410 e. The van der Waals surface area contributed by atoms with Gasteiger partial charge in [-0.05, 0) is 59.3 Å². The summed E-state index contributed by atoms with van der Waals surface area (Å²) in [5.74, 6) is 0.0462. The molecule has 194 valence electrons. The van der Waals surface area contributed by atoms with Gasteiger partial charge < -0.3 is 15.0 Å². The van der Waals surface area contributed by atoms with Crippen molar-refractivity contribution in [3.05, 3.63) is 95.1 Å². The highest BCUT2D eigenvalue weighted by Gasteiger charge is 2.48. The Labute approximate surface area is 223 Å². The normalized spacial score (nSPS) is 21.3. The molecule has 2 fully saturated rings. The van der Waals surface area contributed by atoms with Crippen LogP contribution in [0.25, 0.3) is 11.1 Å². The number of likely N-dealkylation sites (tertiary alicyclic amines) is 1. The Bertz CT molecular complexity index is 1340. The molecular formula is C32H33N3O3. The van der Waals surface area contributed by atoms with Gasteiger partial charge >= 0.3 is 6.09 Å². The van der Waals surface area contributed by atoms with Crippen LogP contribution in [0.2, 0.25) is 0 Å². The topological polar surface area (TPSA) is 61.9 Å². The van der Waals surface area contributed by atoms with Gasteiger partial charge in [0, 0.05) is 30.8 Å². The van der Waals surface area contributed by atoms with Crippen molar-refractivity contribution in [2.75, 3.05) is 32.8 Å². The van der Waals surface area contributed by atoms with E-state index in [0.717, 1.165) is 50.1 Å². The number of benzene rings is 3. The van der Waals surface area contributed by atoms with Crippen LogP contribution in [-0.4, -0.2) is 60.6 Å². The van der Waals surface area contributed by atoms with Gasteiger partial charge in [-0.3, -0.25) is 9.69 Å². The van der Waals surface area contributed by atoms with Crippen molar-refractivity contribution >= 4 is 12.0 Å². The summed E-state index contributed by atoms with van der Waals surface area (Å²) < 4.78 is 6.02. The lowest BCUT2D eigenvalue weighted by molar-refractivity contribution is -0.151. The average molecular weight is 508 g/mol. The third-order valence-electron chi connectivity index (χ3n) is 9.13. The summed E-state index contributed by atoms with van der Waals surface area (Å²) >= 11 is 0. The number of carbonyl (C=O) groups is 2. The molecule has 3 aromatic carbocycles. The van der Waals surface area contributed by atoms with E-state index in [1.165, 1.54) is 22.3 Å². The number of carbonyl (C=O) groups excluding carboxylic acids is 2. The summed E-state index contributed by atoms with van der Waals surface area (Å²) in [7, 11) is 0. The van der Waals surface area contributed by atoms with E-state index in [9.17, 15) is 9.59 Å². The molecule has 0 radical (unpaired) electrons. The van der Waals surface area contributed by atoms with Gasteiger partial charge in [0.05, 0.1) is 6.54 Å². The highest BCUT2D eigenvalue weighted by Crippen LogP contribution is 2.45. The maximum atomic E-state index is 13.8. The van der Waals surface area contributed by atoms with E-state index in [1.807, 2.05) is 35.2 Å². The summed E-state index contributed by atoms with van der Waals surface area (Å²) in [4.78, 5) is 31.1. The molecule has 1 spiro atoms. The number of fused-ring (bicyclic) bond motifs is 4. The van der Waals surface area contributed by atoms with Crippen molar-refractivity contribution in [1.82, 2.24) is 15.1 Å². The van der Waals surface area contributed by atoms with Crippen LogP contribution in [0, 0.1) is 5.41 Å². The highest BCUT2D eigenvalue weighted by molar-refractivity contribution is 5.87. The molecule has 3 aliphatic heterocycles. The van der Waals surface area contributed by atoms with E-state index in [1.54, 1.807) is 4.90 Å². The Morgan fingerprint density at radius 1 is 0.842 bits per heavy atom. The summed E-state index contributed by atoms with van der Waals surface area (Å²) in [5, 5.41) is 3.43. The third kappa shape index (κ3) is 3.90. The largest absolute Gasteiger partial charge is 0.448 e. The number of hydrogen-bond acceptors (Lipinski definition) is 4. The smallest absolute Gasteiger partial charge is 0.410 e. The minimum atomic E-state index is -0.528. The zero-order valence-electron chi connectivity index (χ0n) is 21.6. The third-order valence-corrected chi connectivity index (χ3v) is 9.13. The fourth-order valence-corrected chi connectivity index (χ4v) is 7.02. The summed E-state index contributed by atoms with van der Waals surface area (Å²) in [6.07, 6.45) is 2.35. The van der Waals surface area contributed by atoms with E-state index in [-0.39, 0.29) is 23.8 Å². The van der Waals surface area contributed by atoms with Gasteiger partial charge in [-0.1, -0.05) is 72.8 Å². The Kier molecular flexibility index (Phi) is 5.73. The monoisotopic (exact) mass is 507 g/mol. The van der Waals surface area contributed by atoms with E-state index in [2.05, 4.69) is 47.8 Å². The number of amides is 2. The molecule has 2 saturated heterocycles. The van der Waals surface area contributed by atoms with Crippen molar-refractivity contribution in [3.8, 4) is 11.1 Å².